The molecule has 1 saturated heterocycles. The first-order valence-corrected chi connectivity index (χ1v) is 12.7. The number of anilines is 2. The molecule has 38 heavy (non-hydrogen) atoms. The van der Waals surface area contributed by atoms with Crippen LogP contribution in [0.3, 0.4) is 0 Å². The third kappa shape index (κ3) is 5.95. The highest BCUT2D eigenvalue weighted by Crippen LogP contribution is 2.37. The molecule has 2 aromatic heterocycles. The van der Waals surface area contributed by atoms with Crippen molar-refractivity contribution in [2.24, 2.45) is 0 Å². The third-order valence-electron chi connectivity index (χ3n) is 6.59. The Hall–Kier alpha value is -3.56. The average molecular weight is 523 g/mol. The van der Waals surface area contributed by atoms with Gasteiger partial charge in [-0.25, -0.2) is 9.97 Å². The Bertz CT molecular complexity index is 1400. The number of pyridine rings is 1. The molecule has 3 heterocycles. The molecule has 2 aromatic carbocycles. The van der Waals surface area contributed by atoms with E-state index in [-0.39, 0.29) is 18.4 Å². The van der Waals surface area contributed by atoms with E-state index in [9.17, 15) is 13.2 Å². The lowest BCUT2D eigenvalue weighted by atomic mass is 10.0. The molecular formula is C29H29F3N4O2. The quantitative estimate of drug-likeness (QED) is 0.275. The maximum atomic E-state index is 13.7. The molecule has 9 heteroatoms. The molecule has 0 saturated carbocycles. The smallest absolute Gasteiger partial charge is 0.381 e. The van der Waals surface area contributed by atoms with Gasteiger partial charge in [0.1, 0.15) is 12.4 Å². The highest BCUT2D eigenvalue weighted by molar-refractivity contribution is 5.93. The Morgan fingerprint density at radius 1 is 1.03 bits per heavy atom. The minimum absolute atomic E-state index is 0.0530. The van der Waals surface area contributed by atoms with E-state index < -0.39 is 11.7 Å². The topological polar surface area (TPSA) is 69.2 Å². The van der Waals surface area contributed by atoms with E-state index in [0.717, 1.165) is 24.6 Å². The van der Waals surface area contributed by atoms with Gasteiger partial charge in [0.2, 0.25) is 0 Å². The lowest BCUT2D eigenvalue weighted by molar-refractivity contribution is -0.137. The van der Waals surface area contributed by atoms with Crippen LogP contribution < -0.4 is 5.32 Å². The van der Waals surface area contributed by atoms with Crippen LogP contribution in [0.4, 0.5) is 24.7 Å². The molecule has 0 spiro atoms. The van der Waals surface area contributed by atoms with Gasteiger partial charge >= 0.3 is 6.18 Å². The largest absolute Gasteiger partial charge is 0.418 e. The van der Waals surface area contributed by atoms with Gasteiger partial charge in [-0.1, -0.05) is 32.0 Å². The fourth-order valence-electron chi connectivity index (χ4n) is 4.47. The Balaban J connectivity index is 1.53. The van der Waals surface area contributed by atoms with E-state index in [1.165, 1.54) is 17.8 Å². The Morgan fingerprint density at radius 2 is 1.79 bits per heavy atom. The van der Waals surface area contributed by atoms with Crippen LogP contribution in [0.2, 0.25) is 0 Å². The fourth-order valence-corrected chi connectivity index (χ4v) is 4.47. The summed E-state index contributed by atoms with van der Waals surface area (Å²) in [7, 11) is 0. The van der Waals surface area contributed by atoms with Gasteiger partial charge in [-0.2, -0.15) is 13.2 Å². The molecule has 0 radical (unpaired) electrons. The standard InChI is InChI=1S/C29H29F3N4O2/c1-18(2)19-5-8-21(9-6-19)34-28-23-10-7-20(27-24(29(30,31)32)4-3-13-33-27)16-25(23)35-26(36-28)17-38-22-11-14-37-15-12-22/h3-10,13,16,18,22H,11-12,14-15,17H2,1-2H3,(H,34,35,36). The van der Waals surface area contributed by atoms with E-state index in [4.69, 9.17) is 14.5 Å². The summed E-state index contributed by atoms with van der Waals surface area (Å²) in [5.41, 5.74) is 1.96. The number of ether oxygens (including phenoxy) is 2. The first kappa shape index (κ1) is 26.1. The van der Waals surface area contributed by atoms with Crippen molar-refractivity contribution in [3.05, 3.63) is 77.7 Å². The number of halogens is 3. The zero-order valence-electron chi connectivity index (χ0n) is 21.3. The van der Waals surface area contributed by atoms with Crippen molar-refractivity contribution < 1.29 is 22.6 Å². The first-order valence-electron chi connectivity index (χ1n) is 12.7. The molecule has 1 aliphatic heterocycles. The van der Waals surface area contributed by atoms with Crippen molar-refractivity contribution in [2.75, 3.05) is 18.5 Å². The van der Waals surface area contributed by atoms with E-state index in [2.05, 4.69) is 41.3 Å². The summed E-state index contributed by atoms with van der Waals surface area (Å²) < 4.78 is 52.5. The highest BCUT2D eigenvalue weighted by atomic mass is 19.4. The van der Waals surface area contributed by atoms with Crippen LogP contribution in [0, 0.1) is 0 Å². The molecule has 0 bridgehead atoms. The molecule has 0 unspecified atom stereocenters. The third-order valence-corrected chi connectivity index (χ3v) is 6.59. The van der Waals surface area contributed by atoms with Crippen LogP contribution in [0.15, 0.2) is 60.8 Å². The van der Waals surface area contributed by atoms with Gasteiger partial charge in [-0.05, 0) is 60.7 Å². The number of rotatable bonds is 7. The molecule has 1 N–H and O–H groups in total. The minimum Gasteiger partial charge on any atom is -0.381 e. The van der Waals surface area contributed by atoms with Crippen LogP contribution in [0.25, 0.3) is 22.2 Å². The maximum absolute atomic E-state index is 13.7. The van der Waals surface area contributed by atoms with E-state index in [1.54, 1.807) is 18.2 Å². The Kier molecular flexibility index (Phi) is 7.58. The number of benzene rings is 2. The first-order chi connectivity index (χ1) is 18.3. The van der Waals surface area contributed by atoms with Crippen molar-refractivity contribution in [2.45, 2.75) is 51.5 Å². The van der Waals surface area contributed by atoms with E-state index in [1.807, 2.05) is 12.1 Å². The molecular weight excluding hydrogens is 493 g/mol. The molecule has 5 rings (SSSR count). The Labute approximate surface area is 219 Å². The number of hydrogen-bond donors (Lipinski definition) is 1. The number of fused-ring (bicyclic) bond motifs is 1. The number of nitrogens with zero attached hydrogens (tertiary/aromatic N) is 3. The SMILES string of the molecule is CC(C)c1ccc(Nc2nc(COC3CCOCC3)nc3cc(-c4ncccc4C(F)(F)F)ccc23)cc1. The van der Waals surface area contributed by atoms with Crippen molar-refractivity contribution in [1.29, 1.82) is 0 Å². The fraction of sp³-hybridized carbons (Fsp3) is 0.345. The van der Waals surface area contributed by atoms with Gasteiger partial charge in [0.25, 0.3) is 0 Å². The second kappa shape index (κ2) is 11.0. The molecule has 4 aromatic rings. The monoisotopic (exact) mass is 522 g/mol. The predicted octanol–water partition coefficient (Wildman–Crippen LogP) is 7.27. The number of aromatic nitrogens is 3. The number of hydrogen-bond acceptors (Lipinski definition) is 6. The normalized spacial score (nSPS) is 14.8. The summed E-state index contributed by atoms with van der Waals surface area (Å²) in [6.07, 6.45) is -1.52. The lowest BCUT2D eigenvalue weighted by Crippen LogP contribution is -2.23. The molecule has 0 aliphatic carbocycles. The summed E-state index contributed by atoms with van der Waals surface area (Å²) in [6, 6.07) is 15.4. The minimum atomic E-state index is -4.53. The van der Waals surface area contributed by atoms with Gasteiger partial charge in [0.05, 0.1) is 22.9 Å². The Morgan fingerprint density at radius 3 is 2.50 bits per heavy atom. The van der Waals surface area contributed by atoms with Crippen molar-refractivity contribution in [1.82, 2.24) is 15.0 Å². The van der Waals surface area contributed by atoms with Crippen molar-refractivity contribution in [3.8, 4) is 11.3 Å². The van der Waals surface area contributed by atoms with Crippen LogP contribution in [0.5, 0.6) is 0 Å². The second-order valence-corrected chi connectivity index (χ2v) is 9.64. The molecule has 6 nitrogen and oxygen atoms in total. The van der Waals surface area contributed by atoms with Crippen LogP contribution in [0.1, 0.15) is 49.6 Å². The van der Waals surface area contributed by atoms with Crippen molar-refractivity contribution in [3.63, 3.8) is 0 Å². The molecule has 1 aliphatic rings. The van der Waals surface area contributed by atoms with Gasteiger partial charge in [-0.3, -0.25) is 4.98 Å². The maximum Gasteiger partial charge on any atom is 0.418 e. The molecule has 0 amide bonds. The van der Waals surface area contributed by atoms with E-state index in [0.29, 0.717) is 47.2 Å². The van der Waals surface area contributed by atoms with E-state index >= 15 is 0 Å². The molecule has 198 valence electrons. The lowest BCUT2D eigenvalue weighted by Gasteiger charge is -2.22. The molecule has 0 atom stereocenters. The van der Waals surface area contributed by atoms with Crippen LogP contribution >= 0.6 is 0 Å². The summed E-state index contributed by atoms with van der Waals surface area (Å²) in [5, 5.41) is 4.05. The van der Waals surface area contributed by atoms with Crippen LogP contribution in [-0.4, -0.2) is 34.3 Å². The molecule has 1 fully saturated rings. The second-order valence-electron chi connectivity index (χ2n) is 9.64. The van der Waals surface area contributed by atoms with Gasteiger partial charge in [-0.15, -0.1) is 0 Å². The summed E-state index contributed by atoms with van der Waals surface area (Å²) in [5.74, 6) is 1.41. The highest BCUT2D eigenvalue weighted by Gasteiger charge is 2.34. The van der Waals surface area contributed by atoms with Gasteiger partial charge in [0, 0.05) is 36.0 Å². The predicted molar refractivity (Wildman–Crippen MR) is 140 cm³/mol. The number of nitrogens with one attached hydrogen (secondary N) is 1. The van der Waals surface area contributed by atoms with Gasteiger partial charge < -0.3 is 14.8 Å². The van der Waals surface area contributed by atoms with Gasteiger partial charge in [0.15, 0.2) is 5.82 Å². The summed E-state index contributed by atoms with van der Waals surface area (Å²) in [4.78, 5) is 13.4. The zero-order valence-corrected chi connectivity index (χ0v) is 21.3. The van der Waals surface area contributed by atoms with Crippen molar-refractivity contribution >= 4 is 22.4 Å². The summed E-state index contributed by atoms with van der Waals surface area (Å²) in [6.45, 7) is 5.75. The zero-order chi connectivity index (χ0) is 26.7. The summed E-state index contributed by atoms with van der Waals surface area (Å²) >= 11 is 0. The average Bonchev–Trinajstić information content (AvgIpc) is 2.92. The van der Waals surface area contributed by atoms with Crippen LogP contribution in [-0.2, 0) is 22.3 Å². The number of alkyl halides is 3.